The van der Waals surface area contributed by atoms with Crippen molar-refractivity contribution in [2.45, 2.75) is 37.6 Å². The van der Waals surface area contributed by atoms with Gasteiger partial charge in [-0.15, -0.1) is 0 Å². The van der Waals surface area contributed by atoms with Gasteiger partial charge in [0.1, 0.15) is 5.56 Å². The van der Waals surface area contributed by atoms with E-state index in [0.29, 0.717) is 6.54 Å². The van der Waals surface area contributed by atoms with Gasteiger partial charge >= 0.3 is 5.97 Å². The lowest BCUT2D eigenvalue weighted by atomic mass is 9.79. The van der Waals surface area contributed by atoms with Crippen molar-refractivity contribution in [2.75, 3.05) is 0 Å². The molecule has 0 saturated heterocycles. The molecule has 23 heavy (non-hydrogen) atoms. The number of hydrogen-bond donors (Lipinski definition) is 2. The Morgan fingerprint density at radius 3 is 2.65 bits per heavy atom. The van der Waals surface area contributed by atoms with Crippen molar-refractivity contribution in [1.29, 1.82) is 0 Å². The molecule has 1 aliphatic carbocycles. The number of aromatic hydroxyl groups is 1. The summed E-state index contributed by atoms with van der Waals surface area (Å²) in [5.41, 5.74) is -0.307. The van der Waals surface area contributed by atoms with Gasteiger partial charge in [-0.25, -0.2) is 4.79 Å². The summed E-state index contributed by atoms with van der Waals surface area (Å²) in [5, 5.41) is 18.9. The molecule has 2 heterocycles. The summed E-state index contributed by atoms with van der Waals surface area (Å²) in [6, 6.07) is 3.92. The predicted octanol–water partition coefficient (Wildman–Crippen LogP) is 2.16. The molecule has 0 radical (unpaired) electrons. The molecule has 0 bridgehead atoms. The van der Waals surface area contributed by atoms with Crippen molar-refractivity contribution in [3.05, 3.63) is 58.3 Å². The van der Waals surface area contributed by atoms with E-state index in [0.717, 1.165) is 31.2 Å². The van der Waals surface area contributed by atoms with Crippen LogP contribution in [0.15, 0.2) is 41.7 Å². The van der Waals surface area contributed by atoms with E-state index in [1.54, 1.807) is 10.8 Å². The average Bonchev–Trinajstić information content (AvgIpc) is 3.01. The number of aromatic carboxylic acids is 1. The Hall–Kier alpha value is -2.63. The summed E-state index contributed by atoms with van der Waals surface area (Å²) >= 11 is 0. The SMILES string of the molecule is O=C(O)c1cn(CC2(c3cccnc3)CCCC2)cc(O)c1=O. The van der Waals surface area contributed by atoms with E-state index in [2.05, 4.69) is 4.98 Å². The molecule has 120 valence electrons. The van der Waals surface area contributed by atoms with E-state index in [1.807, 2.05) is 18.3 Å². The van der Waals surface area contributed by atoms with Gasteiger partial charge in [0.15, 0.2) is 5.75 Å². The molecular formula is C17H18N2O4. The fourth-order valence-corrected chi connectivity index (χ4v) is 3.47. The fourth-order valence-electron chi connectivity index (χ4n) is 3.47. The van der Waals surface area contributed by atoms with Crippen molar-refractivity contribution in [2.24, 2.45) is 0 Å². The van der Waals surface area contributed by atoms with Crippen LogP contribution in [0.2, 0.25) is 0 Å². The van der Waals surface area contributed by atoms with E-state index in [1.165, 1.54) is 12.4 Å². The second-order valence-corrected chi connectivity index (χ2v) is 6.09. The maximum atomic E-state index is 11.7. The van der Waals surface area contributed by atoms with Crippen molar-refractivity contribution in [1.82, 2.24) is 9.55 Å². The van der Waals surface area contributed by atoms with Crippen LogP contribution in [-0.2, 0) is 12.0 Å². The summed E-state index contributed by atoms with van der Waals surface area (Å²) in [6.07, 6.45) is 10.3. The van der Waals surface area contributed by atoms with E-state index in [4.69, 9.17) is 5.11 Å². The largest absolute Gasteiger partial charge is 0.503 e. The molecule has 6 nitrogen and oxygen atoms in total. The van der Waals surface area contributed by atoms with Crippen molar-refractivity contribution < 1.29 is 15.0 Å². The zero-order chi connectivity index (χ0) is 16.4. The Morgan fingerprint density at radius 2 is 2.04 bits per heavy atom. The van der Waals surface area contributed by atoms with Crippen LogP contribution < -0.4 is 5.43 Å². The lowest BCUT2D eigenvalue weighted by Crippen LogP contribution is -2.30. The first-order chi connectivity index (χ1) is 11.0. The zero-order valence-electron chi connectivity index (χ0n) is 12.6. The Bertz CT molecular complexity index is 777. The summed E-state index contributed by atoms with van der Waals surface area (Å²) in [5.74, 6) is -1.87. The van der Waals surface area contributed by atoms with Gasteiger partial charge < -0.3 is 14.8 Å². The maximum Gasteiger partial charge on any atom is 0.341 e. The van der Waals surface area contributed by atoms with Crippen LogP contribution in [0, 0.1) is 0 Å². The molecule has 0 amide bonds. The van der Waals surface area contributed by atoms with Crippen molar-refractivity contribution in [3.8, 4) is 5.75 Å². The highest BCUT2D eigenvalue weighted by molar-refractivity contribution is 5.87. The van der Waals surface area contributed by atoms with Gasteiger partial charge in [-0.3, -0.25) is 9.78 Å². The van der Waals surface area contributed by atoms with Crippen LogP contribution in [0.1, 0.15) is 41.6 Å². The molecule has 1 aliphatic rings. The van der Waals surface area contributed by atoms with Crippen LogP contribution in [0.4, 0.5) is 0 Å². The maximum absolute atomic E-state index is 11.7. The molecule has 1 saturated carbocycles. The number of nitrogens with zero attached hydrogens (tertiary/aromatic N) is 2. The molecule has 6 heteroatoms. The number of carboxylic acid groups (broad SMARTS) is 1. The van der Waals surface area contributed by atoms with Gasteiger partial charge in [-0.2, -0.15) is 0 Å². The van der Waals surface area contributed by atoms with Gasteiger partial charge in [0.2, 0.25) is 5.43 Å². The first kappa shape index (κ1) is 15.3. The number of pyridine rings is 2. The Labute approximate surface area is 133 Å². The molecule has 0 spiro atoms. The first-order valence-electron chi connectivity index (χ1n) is 7.59. The summed E-state index contributed by atoms with van der Waals surface area (Å²) in [7, 11) is 0. The van der Waals surface area contributed by atoms with E-state index >= 15 is 0 Å². The lowest BCUT2D eigenvalue weighted by Gasteiger charge is -2.30. The van der Waals surface area contributed by atoms with Crippen LogP contribution >= 0.6 is 0 Å². The number of carboxylic acids is 1. The number of rotatable bonds is 4. The van der Waals surface area contributed by atoms with E-state index in [9.17, 15) is 14.7 Å². The van der Waals surface area contributed by atoms with Gasteiger partial charge in [0.25, 0.3) is 0 Å². The molecule has 1 fully saturated rings. The molecule has 2 aromatic heterocycles. The molecular weight excluding hydrogens is 296 g/mol. The number of hydrogen-bond acceptors (Lipinski definition) is 4. The van der Waals surface area contributed by atoms with Crippen molar-refractivity contribution in [3.63, 3.8) is 0 Å². The minimum absolute atomic E-state index is 0.147. The zero-order valence-corrected chi connectivity index (χ0v) is 12.6. The first-order valence-corrected chi connectivity index (χ1v) is 7.59. The van der Waals surface area contributed by atoms with Gasteiger partial charge in [0, 0.05) is 36.7 Å². The van der Waals surface area contributed by atoms with Crippen LogP contribution in [0.5, 0.6) is 5.75 Å². The number of aromatic nitrogens is 2. The third-order valence-electron chi connectivity index (χ3n) is 4.61. The quantitative estimate of drug-likeness (QED) is 0.902. The minimum atomic E-state index is -1.33. The Balaban J connectivity index is 2.02. The van der Waals surface area contributed by atoms with Crippen LogP contribution in [0.25, 0.3) is 0 Å². The normalized spacial score (nSPS) is 16.3. The Morgan fingerprint density at radius 1 is 1.30 bits per heavy atom. The number of carbonyl (C=O) groups is 1. The molecule has 0 unspecified atom stereocenters. The molecule has 3 rings (SSSR count). The average molecular weight is 314 g/mol. The summed E-state index contributed by atoms with van der Waals surface area (Å²) in [6.45, 7) is 0.507. The molecule has 2 N–H and O–H groups in total. The summed E-state index contributed by atoms with van der Waals surface area (Å²) in [4.78, 5) is 27.1. The topological polar surface area (TPSA) is 92.4 Å². The lowest BCUT2D eigenvalue weighted by molar-refractivity contribution is 0.0693. The van der Waals surface area contributed by atoms with E-state index in [-0.39, 0.29) is 5.41 Å². The van der Waals surface area contributed by atoms with Gasteiger partial charge in [-0.05, 0) is 24.5 Å². The standard InChI is InChI=1S/C17H18N2O4/c20-14-10-19(9-13(15(14)21)16(22)23)11-17(5-1-2-6-17)12-4-3-7-18-8-12/h3-4,7-10,20H,1-2,5-6,11H2,(H,22,23). The van der Waals surface area contributed by atoms with Crippen LogP contribution in [-0.4, -0.2) is 25.7 Å². The van der Waals surface area contributed by atoms with Gasteiger partial charge in [0.05, 0.1) is 0 Å². The highest BCUT2D eigenvalue weighted by Gasteiger charge is 2.36. The summed E-state index contributed by atoms with van der Waals surface area (Å²) < 4.78 is 1.61. The Kier molecular flexibility index (Phi) is 3.90. The highest BCUT2D eigenvalue weighted by atomic mass is 16.4. The third kappa shape index (κ3) is 2.84. The molecule has 0 aromatic carbocycles. The minimum Gasteiger partial charge on any atom is -0.503 e. The third-order valence-corrected chi connectivity index (χ3v) is 4.61. The van der Waals surface area contributed by atoms with E-state index < -0.39 is 22.7 Å². The fraction of sp³-hybridized carbons (Fsp3) is 0.353. The van der Waals surface area contributed by atoms with Crippen LogP contribution in [0.3, 0.4) is 0 Å². The molecule has 2 aromatic rings. The smallest absolute Gasteiger partial charge is 0.341 e. The van der Waals surface area contributed by atoms with Crippen molar-refractivity contribution >= 4 is 5.97 Å². The molecule has 0 atom stereocenters. The molecule has 0 aliphatic heterocycles. The van der Waals surface area contributed by atoms with Gasteiger partial charge in [-0.1, -0.05) is 18.9 Å². The monoisotopic (exact) mass is 314 g/mol. The second kappa shape index (κ2) is 5.87. The second-order valence-electron chi connectivity index (χ2n) is 6.09. The predicted molar refractivity (Wildman–Crippen MR) is 83.7 cm³/mol. The highest BCUT2D eigenvalue weighted by Crippen LogP contribution is 2.42.